The Morgan fingerprint density at radius 3 is 2.67 bits per heavy atom. The molecule has 1 aromatic heterocycles. The number of rotatable bonds is 1. The van der Waals surface area contributed by atoms with E-state index in [-0.39, 0.29) is 0 Å². The topological polar surface area (TPSA) is 29.0 Å². The molecule has 0 N–H and O–H groups in total. The average Bonchev–Trinajstić information content (AvgIpc) is 2.43. The highest BCUT2D eigenvalue weighted by Crippen LogP contribution is 2.28. The molecule has 1 aliphatic heterocycles. The molecule has 15 heavy (non-hydrogen) atoms. The standard InChI is InChI=1S/C11H16BrN3/c1-7-4-8(2)15(6-7)11-5-10(12)13-9(3)14-11/h5,7-8H,4,6H2,1-3H3. The van der Waals surface area contributed by atoms with Gasteiger partial charge in [-0.05, 0) is 42.1 Å². The van der Waals surface area contributed by atoms with Crippen molar-refractivity contribution in [2.75, 3.05) is 11.4 Å². The quantitative estimate of drug-likeness (QED) is 0.735. The Bertz CT molecular complexity index is 347. The van der Waals surface area contributed by atoms with E-state index in [0.717, 1.165) is 28.7 Å². The van der Waals surface area contributed by atoms with Crippen LogP contribution in [0.25, 0.3) is 0 Å². The van der Waals surface area contributed by atoms with Crippen LogP contribution in [0.5, 0.6) is 0 Å². The summed E-state index contributed by atoms with van der Waals surface area (Å²) in [6, 6.07) is 2.59. The zero-order chi connectivity index (χ0) is 11.0. The number of anilines is 1. The molecule has 0 spiro atoms. The van der Waals surface area contributed by atoms with E-state index < -0.39 is 0 Å². The molecular formula is C11H16BrN3. The van der Waals surface area contributed by atoms with Gasteiger partial charge in [-0.1, -0.05) is 6.92 Å². The van der Waals surface area contributed by atoms with Crippen molar-refractivity contribution in [2.24, 2.45) is 5.92 Å². The zero-order valence-electron chi connectivity index (χ0n) is 9.37. The van der Waals surface area contributed by atoms with Crippen molar-refractivity contribution < 1.29 is 0 Å². The van der Waals surface area contributed by atoms with Gasteiger partial charge in [-0.2, -0.15) is 0 Å². The van der Waals surface area contributed by atoms with Gasteiger partial charge in [0.1, 0.15) is 16.2 Å². The number of aryl methyl sites for hydroxylation is 1. The van der Waals surface area contributed by atoms with Gasteiger partial charge in [0, 0.05) is 18.7 Å². The lowest BCUT2D eigenvalue weighted by atomic mass is 10.1. The Morgan fingerprint density at radius 1 is 1.40 bits per heavy atom. The van der Waals surface area contributed by atoms with E-state index in [2.05, 4.69) is 44.6 Å². The number of halogens is 1. The van der Waals surface area contributed by atoms with Gasteiger partial charge in [-0.25, -0.2) is 9.97 Å². The molecule has 0 amide bonds. The second kappa shape index (κ2) is 4.08. The molecular weight excluding hydrogens is 254 g/mol. The fourth-order valence-corrected chi connectivity index (χ4v) is 2.74. The minimum Gasteiger partial charge on any atom is -0.353 e. The molecule has 0 bridgehead atoms. The molecule has 4 heteroatoms. The fourth-order valence-electron chi connectivity index (χ4n) is 2.28. The van der Waals surface area contributed by atoms with Crippen LogP contribution >= 0.6 is 15.9 Å². The van der Waals surface area contributed by atoms with E-state index in [1.165, 1.54) is 6.42 Å². The van der Waals surface area contributed by atoms with Crippen molar-refractivity contribution in [2.45, 2.75) is 33.2 Å². The second-order valence-electron chi connectivity index (χ2n) is 4.44. The summed E-state index contributed by atoms with van der Waals surface area (Å²) >= 11 is 3.42. The van der Waals surface area contributed by atoms with Gasteiger partial charge < -0.3 is 4.90 Å². The minimum atomic E-state index is 0.584. The number of hydrogen-bond acceptors (Lipinski definition) is 3. The smallest absolute Gasteiger partial charge is 0.133 e. The van der Waals surface area contributed by atoms with E-state index in [0.29, 0.717) is 6.04 Å². The van der Waals surface area contributed by atoms with Crippen LogP contribution in [0, 0.1) is 12.8 Å². The van der Waals surface area contributed by atoms with Crippen molar-refractivity contribution in [3.8, 4) is 0 Å². The Morgan fingerprint density at radius 2 is 2.13 bits per heavy atom. The van der Waals surface area contributed by atoms with Crippen LogP contribution in [0.2, 0.25) is 0 Å². The van der Waals surface area contributed by atoms with Gasteiger partial charge in [-0.15, -0.1) is 0 Å². The van der Waals surface area contributed by atoms with E-state index in [4.69, 9.17) is 0 Å². The number of aromatic nitrogens is 2. The monoisotopic (exact) mass is 269 g/mol. The van der Waals surface area contributed by atoms with Crippen LogP contribution in [0.4, 0.5) is 5.82 Å². The van der Waals surface area contributed by atoms with Gasteiger partial charge >= 0.3 is 0 Å². The summed E-state index contributed by atoms with van der Waals surface area (Å²) in [5.74, 6) is 2.63. The highest BCUT2D eigenvalue weighted by molar-refractivity contribution is 9.10. The molecule has 2 rings (SSSR count). The first-order valence-corrected chi connectivity index (χ1v) is 6.13. The van der Waals surface area contributed by atoms with Gasteiger partial charge in [0.2, 0.25) is 0 Å². The third kappa shape index (κ3) is 2.30. The first-order chi connectivity index (χ1) is 7.06. The van der Waals surface area contributed by atoms with Gasteiger partial charge in [0.25, 0.3) is 0 Å². The maximum Gasteiger partial charge on any atom is 0.133 e. The zero-order valence-corrected chi connectivity index (χ0v) is 11.0. The lowest BCUT2D eigenvalue weighted by Crippen LogP contribution is -2.27. The minimum absolute atomic E-state index is 0.584. The van der Waals surface area contributed by atoms with Gasteiger partial charge in [-0.3, -0.25) is 0 Å². The predicted molar refractivity (Wildman–Crippen MR) is 65.1 cm³/mol. The molecule has 0 aliphatic carbocycles. The second-order valence-corrected chi connectivity index (χ2v) is 5.25. The first kappa shape index (κ1) is 10.9. The normalized spacial score (nSPS) is 26.0. The molecule has 1 fully saturated rings. The summed E-state index contributed by atoms with van der Waals surface area (Å²) < 4.78 is 0.872. The summed E-state index contributed by atoms with van der Waals surface area (Å²) in [6.45, 7) is 7.58. The van der Waals surface area contributed by atoms with E-state index in [9.17, 15) is 0 Å². The summed E-state index contributed by atoms with van der Waals surface area (Å²) in [6.07, 6.45) is 1.25. The Kier molecular flexibility index (Phi) is 2.96. The van der Waals surface area contributed by atoms with Crippen molar-refractivity contribution in [3.63, 3.8) is 0 Å². The van der Waals surface area contributed by atoms with Crippen molar-refractivity contribution >= 4 is 21.7 Å². The molecule has 2 unspecified atom stereocenters. The summed E-state index contributed by atoms with van der Waals surface area (Å²) in [7, 11) is 0. The largest absolute Gasteiger partial charge is 0.353 e. The number of nitrogens with zero attached hydrogens (tertiary/aromatic N) is 3. The molecule has 2 atom stereocenters. The van der Waals surface area contributed by atoms with Crippen molar-refractivity contribution in [3.05, 3.63) is 16.5 Å². The highest BCUT2D eigenvalue weighted by Gasteiger charge is 2.27. The Balaban J connectivity index is 2.29. The molecule has 0 radical (unpaired) electrons. The Labute approximate surface area is 99.0 Å². The predicted octanol–water partition coefficient (Wildman–Crippen LogP) is 2.78. The summed E-state index contributed by atoms with van der Waals surface area (Å²) in [4.78, 5) is 11.1. The molecule has 1 aromatic rings. The lowest BCUT2D eigenvalue weighted by molar-refractivity contribution is 0.625. The van der Waals surface area contributed by atoms with Crippen LogP contribution in [0.3, 0.4) is 0 Å². The fraction of sp³-hybridized carbons (Fsp3) is 0.636. The molecule has 82 valence electrons. The Hall–Kier alpha value is -0.640. The third-order valence-electron chi connectivity index (χ3n) is 2.87. The molecule has 0 saturated carbocycles. The van der Waals surface area contributed by atoms with Crippen LogP contribution in [0.15, 0.2) is 10.7 Å². The maximum atomic E-state index is 4.49. The molecule has 1 aliphatic rings. The average molecular weight is 270 g/mol. The van der Waals surface area contributed by atoms with Crippen molar-refractivity contribution in [1.82, 2.24) is 9.97 Å². The molecule has 2 heterocycles. The van der Waals surface area contributed by atoms with Gasteiger partial charge in [0.05, 0.1) is 0 Å². The van der Waals surface area contributed by atoms with Gasteiger partial charge in [0.15, 0.2) is 0 Å². The van der Waals surface area contributed by atoms with E-state index >= 15 is 0 Å². The van der Waals surface area contributed by atoms with Crippen LogP contribution in [-0.4, -0.2) is 22.6 Å². The van der Waals surface area contributed by atoms with Crippen molar-refractivity contribution in [1.29, 1.82) is 0 Å². The van der Waals surface area contributed by atoms with E-state index in [1.54, 1.807) is 0 Å². The first-order valence-electron chi connectivity index (χ1n) is 5.34. The molecule has 1 saturated heterocycles. The molecule has 0 aromatic carbocycles. The third-order valence-corrected chi connectivity index (χ3v) is 3.28. The van der Waals surface area contributed by atoms with E-state index in [1.807, 2.05) is 13.0 Å². The maximum absolute atomic E-state index is 4.49. The summed E-state index contributed by atoms with van der Waals surface area (Å²) in [5.41, 5.74) is 0. The van der Waals surface area contributed by atoms with Crippen LogP contribution < -0.4 is 4.90 Å². The van der Waals surface area contributed by atoms with Crippen LogP contribution in [-0.2, 0) is 0 Å². The highest BCUT2D eigenvalue weighted by atomic mass is 79.9. The lowest BCUT2D eigenvalue weighted by Gasteiger charge is -2.22. The number of hydrogen-bond donors (Lipinski definition) is 0. The SMILES string of the molecule is Cc1nc(Br)cc(N2CC(C)CC2C)n1. The summed E-state index contributed by atoms with van der Waals surface area (Å²) in [5, 5.41) is 0. The van der Waals surface area contributed by atoms with Crippen LogP contribution in [0.1, 0.15) is 26.1 Å². The molecule has 3 nitrogen and oxygen atoms in total.